The minimum absolute atomic E-state index is 0.157. The van der Waals surface area contributed by atoms with Crippen LogP contribution < -0.4 is 5.32 Å². The van der Waals surface area contributed by atoms with Crippen LogP contribution in [0.3, 0.4) is 0 Å². The second kappa shape index (κ2) is 4.99. The van der Waals surface area contributed by atoms with E-state index in [4.69, 9.17) is 5.11 Å². The molecule has 0 atom stereocenters. The third kappa shape index (κ3) is 3.02. The average molecular weight is 303 g/mol. The van der Waals surface area contributed by atoms with Crippen LogP contribution in [0.25, 0.3) is 0 Å². The van der Waals surface area contributed by atoms with E-state index < -0.39 is 5.97 Å². The molecule has 0 aliphatic carbocycles. The maximum absolute atomic E-state index is 10.5. The van der Waals surface area contributed by atoms with Crippen LogP contribution in [0, 0.1) is 3.57 Å². The van der Waals surface area contributed by atoms with Gasteiger partial charge in [0.1, 0.15) is 0 Å². The van der Waals surface area contributed by atoms with Gasteiger partial charge in [-0.25, -0.2) is 4.79 Å². The Kier molecular flexibility index (Phi) is 3.94. The smallest absolute Gasteiger partial charge is 0.332 e. The highest BCUT2D eigenvalue weighted by Crippen LogP contribution is 2.16. The lowest BCUT2D eigenvalue weighted by Gasteiger charge is -2.07. The fourth-order valence-electron chi connectivity index (χ4n) is 0.882. The van der Waals surface area contributed by atoms with Gasteiger partial charge in [0.2, 0.25) is 0 Å². The van der Waals surface area contributed by atoms with E-state index in [9.17, 15) is 4.79 Å². The Balaban J connectivity index is 2.58. The van der Waals surface area contributed by atoms with Crippen LogP contribution in [0.15, 0.2) is 36.4 Å². The van der Waals surface area contributed by atoms with Gasteiger partial charge in [0.05, 0.1) is 0 Å². The molecule has 3 nitrogen and oxygen atoms in total. The molecule has 0 saturated carbocycles. The average Bonchev–Trinajstić information content (AvgIpc) is 2.16. The van der Waals surface area contributed by atoms with Crippen molar-refractivity contribution in [2.24, 2.45) is 0 Å². The SMILES string of the molecule is C=C(CNc1ccccc1I)C(=O)O. The number of hydrogen-bond donors (Lipinski definition) is 2. The zero-order chi connectivity index (χ0) is 10.6. The molecule has 0 aliphatic heterocycles. The summed E-state index contributed by atoms with van der Waals surface area (Å²) in [7, 11) is 0. The lowest BCUT2D eigenvalue weighted by molar-refractivity contribution is -0.132. The molecule has 0 bridgehead atoms. The Morgan fingerprint density at radius 3 is 2.71 bits per heavy atom. The lowest BCUT2D eigenvalue weighted by atomic mass is 10.3. The zero-order valence-corrected chi connectivity index (χ0v) is 9.61. The zero-order valence-electron chi connectivity index (χ0n) is 7.46. The summed E-state index contributed by atoms with van der Waals surface area (Å²) in [5.74, 6) is -0.969. The Morgan fingerprint density at radius 1 is 1.50 bits per heavy atom. The van der Waals surface area contributed by atoms with Crippen molar-refractivity contribution in [2.45, 2.75) is 0 Å². The van der Waals surface area contributed by atoms with Crippen molar-refractivity contribution in [3.8, 4) is 0 Å². The van der Waals surface area contributed by atoms with Crippen molar-refractivity contribution in [3.63, 3.8) is 0 Å². The Labute approximate surface area is 96.0 Å². The molecule has 0 saturated heterocycles. The first kappa shape index (κ1) is 11.0. The molecule has 0 heterocycles. The molecule has 4 heteroatoms. The van der Waals surface area contributed by atoms with Gasteiger partial charge in [-0.3, -0.25) is 0 Å². The first-order chi connectivity index (χ1) is 6.61. The molecule has 0 spiro atoms. The number of halogens is 1. The maximum atomic E-state index is 10.5. The second-order valence-corrected chi connectivity index (χ2v) is 3.90. The van der Waals surface area contributed by atoms with Gasteiger partial charge < -0.3 is 10.4 Å². The minimum atomic E-state index is -0.969. The molecule has 1 aromatic rings. The topological polar surface area (TPSA) is 49.3 Å². The molecule has 74 valence electrons. The van der Waals surface area contributed by atoms with Gasteiger partial charge in [0, 0.05) is 21.4 Å². The van der Waals surface area contributed by atoms with E-state index in [2.05, 4.69) is 34.5 Å². The third-order valence-corrected chi connectivity index (χ3v) is 2.61. The van der Waals surface area contributed by atoms with E-state index >= 15 is 0 Å². The monoisotopic (exact) mass is 303 g/mol. The standard InChI is InChI=1S/C10H10INO2/c1-7(10(13)14)6-12-9-5-3-2-4-8(9)11/h2-5,12H,1,6H2,(H,13,14). The largest absolute Gasteiger partial charge is 0.478 e. The molecule has 0 unspecified atom stereocenters. The predicted molar refractivity (Wildman–Crippen MR) is 64.4 cm³/mol. The van der Waals surface area contributed by atoms with Crippen LogP contribution in [0.1, 0.15) is 0 Å². The van der Waals surface area contributed by atoms with E-state index in [1.807, 2.05) is 24.3 Å². The summed E-state index contributed by atoms with van der Waals surface area (Å²) < 4.78 is 1.06. The van der Waals surface area contributed by atoms with E-state index in [0.717, 1.165) is 9.26 Å². The van der Waals surface area contributed by atoms with E-state index in [0.29, 0.717) is 0 Å². The summed E-state index contributed by atoms with van der Waals surface area (Å²) in [6.45, 7) is 3.69. The number of carbonyl (C=O) groups is 1. The number of hydrogen-bond acceptors (Lipinski definition) is 2. The van der Waals surface area contributed by atoms with Crippen LogP contribution in [0.4, 0.5) is 5.69 Å². The molecule has 14 heavy (non-hydrogen) atoms. The molecule has 1 aromatic carbocycles. The number of anilines is 1. The summed E-state index contributed by atoms with van der Waals surface area (Å²) in [4.78, 5) is 10.5. The van der Waals surface area contributed by atoms with Crippen LogP contribution >= 0.6 is 22.6 Å². The number of carboxylic acids is 1. The number of carboxylic acid groups (broad SMARTS) is 1. The summed E-state index contributed by atoms with van der Waals surface area (Å²) in [6, 6.07) is 7.68. The van der Waals surface area contributed by atoms with E-state index in [1.165, 1.54) is 0 Å². The Bertz CT molecular complexity index is 363. The number of nitrogens with one attached hydrogen (secondary N) is 1. The summed E-state index contributed by atoms with van der Waals surface area (Å²) in [6.07, 6.45) is 0. The van der Waals surface area contributed by atoms with E-state index in [-0.39, 0.29) is 12.1 Å². The van der Waals surface area contributed by atoms with Crippen LogP contribution in [-0.4, -0.2) is 17.6 Å². The highest BCUT2D eigenvalue weighted by atomic mass is 127. The molecular formula is C10H10INO2. The van der Waals surface area contributed by atoms with Gasteiger partial charge in [-0.15, -0.1) is 0 Å². The van der Waals surface area contributed by atoms with E-state index in [1.54, 1.807) is 0 Å². The van der Waals surface area contributed by atoms with Gasteiger partial charge in [0.25, 0.3) is 0 Å². The molecule has 2 N–H and O–H groups in total. The molecule has 0 aliphatic rings. The molecule has 0 fully saturated rings. The Morgan fingerprint density at radius 2 is 2.14 bits per heavy atom. The maximum Gasteiger partial charge on any atom is 0.332 e. The third-order valence-electron chi connectivity index (χ3n) is 1.67. The number of aliphatic carboxylic acids is 1. The predicted octanol–water partition coefficient (Wildman–Crippen LogP) is 2.34. The fourth-order valence-corrected chi connectivity index (χ4v) is 1.46. The highest BCUT2D eigenvalue weighted by molar-refractivity contribution is 14.1. The van der Waals surface area contributed by atoms with Gasteiger partial charge in [-0.05, 0) is 34.7 Å². The number of benzene rings is 1. The number of para-hydroxylation sites is 1. The van der Waals surface area contributed by atoms with Crippen LogP contribution in [0.2, 0.25) is 0 Å². The van der Waals surface area contributed by atoms with Gasteiger partial charge in [-0.2, -0.15) is 0 Å². The quantitative estimate of drug-likeness (QED) is 0.663. The first-order valence-electron chi connectivity index (χ1n) is 4.00. The minimum Gasteiger partial charge on any atom is -0.478 e. The van der Waals surface area contributed by atoms with Crippen molar-refractivity contribution >= 4 is 34.2 Å². The molecule has 0 amide bonds. The van der Waals surface area contributed by atoms with Gasteiger partial charge >= 0.3 is 5.97 Å². The molecular weight excluding hydrogens is 293 g/mol. The van der Waals surface area contributed by atoms with Crippen molar-refractivity contribution in [1.29, 1.82) is 0 Å². The van der Waals surface area contributed by atoms with Gasteiger partial charge in [-0.1, -0.05) is 18.7 Å². The summed E-state index contributed by atoms with van der Waals surface area (Å²) in [5.41, 5.74) is 1.08. The second-order valence-electron chi connectivity index (χ2n) is 2.74. The fraction of sp³-hybridized carbons (Fsp3) is 0.100. The van der Waals surface area contributed by atoms with Gasteiger partial charge in [0.15, 0.2) is 0 Å². The van der Waals surface area contributed by atoms with Crippen LogP contribution in [0.5, 0.6) is 0 Å². The first-order valence-corrected chi connectivity index (χ1v) is 5.08. The Hall–Kier alpha value is -1.04. The summed E-state index contributed by atoms with van der Waals surface area (Å²) >= 11 is 2.18. The van der Waals surface area contributed by atoms with Crippen molar-refractivity contribution in [3.05, 3.63) is 40.0 Å². The van der Waals surface area contributed by atoms with Crippen molar-refractivity contribution in [1.82, 2.24) is 0 Å². The molecule has 0 radical (unpaired) electrons. The number of rotatable bonds is 4. The molecule has 1 rings (SSSR count). The van der Waals surface area contributed by atoms with Crippen molar-refractivity contribution in [2.75, 3.05) is 11.9 Å². The normalized spacial score (nSPS) is 9.50. The summed E-state index contributed by atoms with van der Waals surface area (Å²) in [5, 5.41) is 11.6. The van der Waals surface area contributed by atoms with Crippen molar-refractivity contribution < 1.29 is 9.90 Å². The molecule has 0 aromatic heterocycles. The lowest BCUT2D eigenvalue weighted by Crippen LogP contribution is -2.11. The highest BCUT2D eigenvalue weighted by Gasteiger charge is 2.04. The van der Waals surface area contributed by atoms with Crippen LogP contribution in [-0.2, 0) is 4.79 Å².